The Morgan fingerprint density at radius 2 is 2.00 bits per heavy atom. The van der Waals surface area contributed by atoms with Gasteiger partial charge in [0.25, 0.3) is 5.91 Å². The minimum atomic E-state index is -0.883. The predicted octanol–water partition coefficient (Wildman–Crippen LogP) is 4.58. The van der Waals surface area contributed by atoms with Crippen LogP contribution in [0.15, 0.2) is 23.2 Å². The average molecular weight is 364 g/mol. The summed E-state index contributed by atoms with van der Waals surface area (Å²) in [5.74, 6) is -1.65. The number of carbonyl (C=O) groups is 1. The van der Waals surface area contributed by atoms with Crippen LogP contribution in [0.5, 0.6) is 0 Å². The maximum atomic E-state index is 13.9. The van der Waals surface area contributed by atoms with Crippen molar-refractivity contribution < 1.29 is 13.6 Å². The van der Waals surface area contributed by atoms with E-state index in [1.54, 1.807) is 0 Å². The average Bonchev–Trinajstić information content (AvgIpc) is 3.25. The summed E-state index contributed by atoms with van der Waals surface area (Å²) in [7, 11) is 0. The third-order valence-electron chi connectivity index (χ3n) is 4.34. The zero-order valence-corrected chi connectivity index (χ0v) is 15.7. The number of benzene rings is 1. The molecule has 3 nitrogen and oxygen atoms in total. The Hall–Kier alpha value is -1.82. The summed E-state index contributed by atoms with van der Waals surface area (Å²) in [6, 6.07) is 2.93. The van der Waals surface area contributed by atoms with Crippen LogP contribution in [0.2, 0.25) is 0 Å². The van der Waals surface area contributed by atoms with E-state index >= 15 is 0 Å². The molecule has 1 aliphatic carbocycles. The quantitative estimate of drug-likeness (QED) is 0.785. The van der Waals surface area contributed by atoms with Crippen LogP contribution in [0.4, 0.5) is 8.78 Å². The molecule has 1 amide bonds. The highest BCUT2D eigenvalue weighted by Gasteiger charge is 2.27. The zero-order chi connectivity index (χ0) is 18.4. The number of hydrogen-bond acceptors (Lipinski definition) is 2. The van der Waals surface area contributed by atoms with Gasteiger partial charge in [0.15, 0.2) is 4.80 Å². The first-order valence-corrected chi connectivity index (χ1v) is 9.23. The lowest BCUT2D eigenvalue weighted by atomic mass is 9.93. The van der Waals surface area contributed by atoms with Gasteiger partial charge in [-0.15, -0.1) is 11.3 Å². The number of rotatable bonds is 3. The standard InChI is InChI=1S/C19H22F2N2OS/c1-11-16(19(2,3)4)25-18(23(11)10-12-5-6-12)22-17(24)14-8-7-13(20)9-15(14)21/h7-9,12H,5-6,10H2,1-4H3. The van der Waals surface area contributed by atoms with Crippen LogP contribution in [0.1, 0.15) is 54.5 Å². The van der Waals surface area contributed by atoms with Gasteiger partial charge in [0.1, 0.15) is 11.6 Å². The number of amides is 1. The largest absolute Gasteiger partial charge is 0.320 e. The first-order valence-electron chi connectivity index (χ1n) is 8.41. The van der Waals surface area contributed by atoms with E-state index < -0.39 is 17.5 Å². The number of hydrogen-bond donors (Lipinski definition) is 0. The molecule has 1 heterocycles. The molecule has 1 aromatic heterocycles. The summed E-state index contributed by atoms with van der Waals surface area (Å²) in [6.45, 7) is 9.24. The molecule has 0 aliphatic heterocycles. The second-order valence-corrected chi connectivity index (χ2v) is 8.62. The Morgan fingerprint density at radius 1 is 1.32 bits per heavy atom. The fourth-order valence-corrected chi connectivity index (χ4v) is 4.05. The molecule has 0 bridgehead atoms. The van der Waals surface area contributed by atoms with Gasteiger partial charge in [-0.3, -0.25) is 4.79 Å². The number of nitrogens with zero attached hydrogens (tertiary/aromatic N) is 2. The summed E-state index contributed by atoms with van der Waals surface area (Å²) in [5, 5.41) is 0. The molecular weight excluding hydrogens is 342 g/mol. The van der Waals surface area contributed by atoms with Crippen molar-refractivity contribution in [2.75, 3.05) is 0 Å². The predicted molar refractivity (Wildman–Crippen MR) is 94.7 cm³/mol. The Balaban J connectivity index is 2.07. The van der Waals surface area contributed by atoms with E-state index in [9.17, 15) is 13.6 Å². The van der Waals surface area contributed by atoms with Crippen molar-refractivity contribution in [2.45, 2.75) is 52.5 Å². The molecule has 0 unspecified atom stereocenters. The van der Waals surface area contributed by atoms with Crippen molar-refractivity contribution in [1.29, 1.82) is 0 Å². The molecule has 134 valence electrons. The lowest BCUT2D eigenvalue weighted by molar-refractivity contribution is 0.0993. The molecule has 1 saturated carbocycles. The van der Waals surface area contributed by atoms with Gasteiger partial charge in [-0.05, 0) is 43.2 Å². The monoisotopic (exact) mass is 364 g/mol. The summed E-state index contributed by atoms with van der Waals surface area (Å²) >= 11 is 1.47. The van der Waals surface area contributed by atoms with E-state index in [1.165, 1.54) is 29.1 Å². The number of carbonyl (C=O) groups excluding carboxylic acids is 1. The highest BCUT2D eigenvalue weighted by Crippen LogP contribution is 2.33. The molecule has 1 aromatic carbocycles. The Bertz CT molecular complexity index is 886. The molecule has 0 saturated heterocycles. The second kappa shape index (κ2) is 6.48. The van der Waals surface area contributed by atoms with Crippen molar-refractivity contribution in [3.8, 4) is 0 Å². The van der Waals surface area contributed by atoms with E-state index in [1.807, 2.05) is 6.92 Å². The van der Waals surface area contributed by atoms with Gasteiger partial charge >= 0.3 is 0 Å². The molecular formula is C19H22F2N2OS. The highest BCUT2D eigenvalue weighted by atomic mass is 32.1. The van der Waals surface area contributed by atoms with Gasteiger partial charge < -0.3 is 4.57 Å². The van der Waals surface area contributed by atoms with Crippen LogP contribution in [-0.2, 0) is 12.0 Å². The molecule has 0 atom stereocenters. The minimum absolute atomic E-state index is 0.0575. The lowest BCUT2D eigenvalue weighted by Gasteiger charge is -2.17. The van der Waals surface area contributed by atoms with Gasteiger partial charge in [-0.1, -0.05) is 20.8 Å². The van der Waals surface area contributed by atoms with E-state index in [-0.39, 0.29) is 11.0 Å². The molecule has 0 radical (unpaired) electrons. The minimum Gasteiger partial charge on any atom is -0.320 e. The SMILES string of the molecule is Cc1c(C(C)(C)C)sc(=NC(=O)c2ccc(F)cc2F)n1CC1CC1. The third-order valence-corrected chi connectivity index (χ3v) is 5.94. The fraction of sp³-hybridized carbons (Fsp3) is 0.474. The van der Waals surface area contributed by atoms with Crippen molar-refractivity contribution in [1.82, 2.24) is 4.57 Å². The smallest absolute Gasteiger partial charge is 0.282 e. The maximum Gasteiger partial charge on any atom is 0.282 e. The topological polar surface area (TPSA) is 34.4 Å². The molecule has 25 heavy (non-hydrogen) atoms. The van der Waals surface area contributed by atoms with Crippen molar-refractivity contribution in [3.63, 3.8) is 0 Å². The summed E-state index contributed by atoms with van der Waals surface area (Å²) < 4.78 is 29.0. The normalized spacial score (nSPS) is 15.7. The molecule has 2 aromatic rings. The molecule has 1 fully saturated rings. The molecule has 3 rings (SSSR count). The highest BCUT2D eigenvalue weighted by molar-refractivity contribution is 7.09. The Labute approximate surface area is 150 Å². The second-order valence-electron chi connectivity index (χ2n) is 7.64. The van der Waals surface area contributed by atoms with Crippen LogP contribution >= 0.6 is 11.3 Å². The van der Waals surface area contributed by atoms with E-state index in [0.29, 0.717) is 16.8 Å². The summed E-state index contributed by atoms with van der Waals surface area (Å²) in [6.07, 6.45) is 2.38. The van der Waals surface area contributed by atoms with Crippen LogP contribution in [0, 0.1) is 24.5 Å². The van der Waals surface area contributed by atoms with Crippen LogP contribution in [0.25, 0.3) is 0 Å². The zero-order valence-electron chi connectivity index (χ0n) is 14.9. The van der Waals surface area contributed by atoms with Crippen LogP contribution < -0.4 is 4.80 Å². The van der Waals surface area contributed by atoms with Crippen molar-refractivity contribution >= 4 is 17.2 Å². The van der Waals surface area contributed by atoms with Gasteiger partial charge in [0.2, 0.25) is 0 Å². The molecule has 0 spiro atoms. The first kappa shape index (κ1) is 18.0. The number of aromatic nitrogens is 1. The Morgan fingerprint density at radius 3 is 2.56 bits per heavy atom. The number of halogens is 2. The maximum absolute atomic E-state index is 13.9. The van der Waals surface area contributed by atoms with E-state index in [2.05, 4.69) is 30.3 Å². The van der Waals surface area contributed by atoms with Gasteiger partial charge in [0.05, 0.1) is 5.56 Å². The third kappa shape index (κ3) is 3.89. The van der Waals surface area contributed by atoms with Crippen molar-refractivity contribution in [3.05, 3.63) is 50.8 Å². The van der Waals surface area contributed by atoms with E-state index in [4.69, 9.17) is 0 Å². The van der Waals surface area contributed by atoms with Crippen LogP contribution in [-0.4, -0.2) is 10.5 Å². The fourth-order valence-electron chi connectivity index (χ4n) is 2.85. The molecule has 1 aliphatic rings. The van der Waals surface area contributed by atoms with Crippen LogP contribution in [0.3, 0.4) is 0 Å². The summed E-state index contributed by atoms with van der Waals surface area (Å²) in [4.78, 5) is 18.4. The number of thiazole rings is 1. The van der Waals surface area contributed by atoms with Gasteiger partial charge in [-0.25, -0.2) is 8.78 Å². The molecule has 0 N–H and O–H groups in total. The van der Waals surface area contributed by atoms with Crippen molar-refractivity contribution in [2.24, 2.45) is 10.9 Å². The first-order chi connectivity index (χ1) is 11.7. The molecule has 6 heteroatoms. The van der Waals surface area contributed by atoms with E-state index in [0.717, 1.165) is 24.4 Å². The van der Waals surface area contributed by atoms with Gasteiger partial charge in [-0.2, -0.15) is 4.99 Å². The van der Waals surface area contributed by atoms with Gasteiger partial charge in [0, 0.05) is 23.2 Å². The lowest BCUT2D eigenvalue weighted by Crippen LogP contribution is -2.20. The Kier molecular flexibility index (Phi) is 4.66. The summed E-state index contributed by atoms with van der Waals surface area (Å²) in [5.41, 5.74) is 0.844.